The van der Waals surface area contributed by atoms with E-state index in [4.69, 9.17) is 5.11 Å². The van der Waals surface area contributed by atoms with Crippen LogP contribution in [0.5, 0.6) is 0 Å². The Hall–Kier alpha value is -0.660. The molecule has 2 N–H and O–H groups in total. The number of nitrogens with zero attached hydrogens (tertiary/aromatic N) is 1. The first kappa shape index (κ1) is 17.3. The van der Waals surface area contributed by atoms with E-state index in [2.05, 4.69) is 4.72 Å². The molecule has 0 radical (unpaired) electrons. The molecule has 0 saturated carbocycles. The fourth-order valence-electron chi connectivity index (χ4n) is 1.46. The SMILES string of the molecule is CCCCN(C)S(=O)(=O)NC(C)CCCC(=O)O. The molecule has 0 heterocycles. The van der Waals surface area contributed by atoms with E-state index in [-0.39, 0.29) is 12.5 Å². The Bertz CT molecular complexity index is 343. The summed E-state index contributed by atoms with van der Waals surface area (Å²) < 4.78 is 27.5. The van der Waals surface area contributed by atoms with Gasteiger partial charge >= 0.3 is 5.97 Å². The van der Waals surface area contributed by atoms with Crippen molar-refractivity contribution >= 4 is 16.2 Å². The van der Waals surface area contributed by atoms with Crippen molar-refractivity contribution in [2.45, 2.75) is 52.0 Å². The van der Waals surface area contributed by atoms with Crippen LogP contribution < -0.4 is 4.72 Å². The Labute approximate surface area is 110 Å². The monoisotopic (exact) mass is 280 g/mol. The molecule has 0 amide bonds. The smallest absolute Gasteiger partial charge is 0.303 e. The number of aliphatic carboxylic acids is 1. The van der Waals surface area contributed by atoms with E-state index >= 15 is 0 Å². The zero-order valence-electron chi connectivity index (χ0n) is 11.3. The van der Waals surface area contributed by atoms with Crippen LogP contribution in [0.3, 0.4) is 0 Å². The van der Waals surface area contributed by atoms with Crippen molar-refractivity contribution < 1.29 is 18.3 Å². The van der Waals surface area contributed by atoms with E-state index in [0.29, 0.717) is 19.4 Å². The average molecular weight is 280 g/mol. The summed E-state index contributed by atoms with van der Waals surface area (Å²) in [5.74, 6) is -0.856. The number of nitrogens with one attached hydrogen (secondary N) is 1. The maximum Gasteiger partial charge on any atom is 0.303 e. The zero-order valence-corrected chi connectivity index (χ0v) is 12.2. The van der Waals surface area contributed by atoms with Crippen LogP contribution in [0.2, 0.25) is 0 Å². The third kappa shape index (κ3) is 7.62. The van der Waals surface area contributed by atoms with E-state index in [1.807, 2.05) is 6.92 Å². The summed E-state index contributed by atoms with van der Waals surface area (Å²) in [6, 6.07) is -0.251. The van der Waals surface area contributed by atoms with Gasteiger partial charge in [0.05, 0.1) is 0 Å². The highest BCUT2D eigenvalue weighted by Crippen LogP contribution is 2.04. The summed E-state index contributed by atoms with van der Waals surface area (Å²) in [7, 11) is -1.90. The van der Waals surface area contributed by atoms with Crippen LogP contribution in [0.15, 0.2) is 0 Å². The molecule has 18 heavy (non-hydrogen) atoms. The summed E-state index contributed by atoms with van der Waals surface area (Å²) in [6.45, 7) is 4.24. The molecular weight excluding hydrogens is 256 g/mol. The molecule has 0 rings (SSSR count). The van der Waals surface area contributed by atoms with E-state index in [1.165, 1.54) is 4.31 Å². The van der Waals surface area contributed by atoms with Gasteiger partial charge in [-0.1, -0.05) is 13.3 Å². The normalized spacial score (nSPS) is 13.8. The van der Waals surface area contributed by atoms with Crippen LogP contribution in [0.4, 0.5) is 0 Å². The lowest BCUT2D eigenvalue weighted by Gasteiger charge is -2.20. The molecule has 0 aliphatic carbocycles. The van der Waals surface area contributed by atoms with Crippen molar-refractivity contribution in [3.8, 4) is 0 Å². The summed E-state index contributed by atoms with van der Waals surface area (Å²) in [5, 5.41) is 8.50. The first-order valence-corrected chi connectivity index (χ1v) is 7.69. The number of unbranched alkanes of at least 4 members (excludes halogenated alkanes) is 1. The maximum atomic E-state index is 11.8. The zero-order chi connectivity index (χ0) is 14.2. The Morgan fingerprint density at radius 3 is 2.50 bits per heavy atom. The first-order valence-electron chi connectivity index (χ1n) is 6.25. The highest BCUT2D eigenvalue weighted by molar-refractivity contribution is 7.87. The molecular formula is C11H24N2O4S. The fourth-order valence-corrected chi connectivity index (χ4v) is 2.64. The van der Waals surface area contributed by atoms with E-state index in [9.17, 15) is 13.2 Å². The Kier molecular flexibility index (Phi) is 8.13. The molecule has 0 aromatic heterocycles. The van der Waals surface area contributed by atoms with Crippen molar-refractivity contribution in [3.05, 3.63) is 0 Å². The lowest BCUT2D eigenvalue weighted by atomic mass is 10.1. The molecule has 0 aliphatic heterocycles. The van der Waals surface area contributed by atoms with Gasteiger partial charge in [0.1, 0.15) is 0 Å². The fraction of sp³-hybridized carbons (Fsp3) is 0.909. The number of hydrogen-bond donors (Lipinski definition) is 2. The van der Waals surface area contributed by atoms with Crippen molar-refractivity contribution in [1.29, 1.82) is 0 Å². The molecule has 6 nitrogen and oxygen atoms in total. The van der Waals surface area contributed by atoms with Crippen LogP contribution in [-0.4, -0.2) is 43.4 Å². The molecule has 0 aromatic carbocycles. The first-order chi connectivity index (χ1) is 8.29. The molecule has 0 spiro atoms. The minimum absolute atomic E-state index is 0.0672. The topological polar surface area (TPSA) is 86.7 Å². The Morgan fingerprint density at radius 1 is 1.39 bits per heavy atom. The largest absolute Gasteiger partial charge is 0.481 e. The minimum Gasteiger partial charge on any atom is -0.481 e. The maximum absolute atomic E-state index is 11.8. The van der Waals surface area contributed by atoms with Gasteiger partial charge in [-0.3, -0.25) is 4.79 Å². The molecule has 1 atom stereocenters. The third-order valence-electron chi connectivity index (χ3n) is 2.61. The standard InChI is InChI=1S/C11H24N2O4S/c1-4-5-9-13(3)18(16,17)12-10(2)7-6-8-11(14)15/h10,12H,4-9H2,1-3H3,(H,14,15). The van der Waals surface area contributed by atoms with Gasteiger partial charge in [0, 0.05) is 26.1 Å². The molecule has 0 fully saturated rings. The molecule has 108 valence electrons. The second-order valence-corrected chi connectivity index (χ2v) is 6.29. The van der Waals surface area contributed by atoms with E-state index in [1.54, 1.807) is 14.0 Å². The van der Waals surface area contributed by atoms with Gasteiger partial charge in [-0.05, 0) is 26.2 Å². The lowest BCUT2D eigenvalue weighted by molar-refractivity contribution is -0.137. The van der Waals surface area contributed by atoms with Gasteiger partial charge < -0.3 is 5.11 Å². The van der Waals surface area contributed by atoms with Gasteiger partial charge in [-0.2, -0.15) is 17.4 Å². The lowest BCUT2D eigenvalue weighted by Crippen LogP contribution is -2.42. The van der Waals surface area contributed by atoms with Crippen molar-refractivity contribution in [3.63, 3.8) is 0 Å². The van der Waals surface area contributed by atoms with Crippen LogP contribution in [0.1, 0.15) is 46.0 Å². The molecule has 0 aromatic rings. The Morgan fingerprint density at radius 2 is 2.00 bits per heavy atom. The number of carbonyl (C=O) groups is 1. The van der Waals surface area contributed by atoms with Gasteiger partial charge in [0.2, 0.25) is 0 Å². The molecule has 1 unspecified atom stereocenters. The highest BCUT2D eigenvalue weighted by atomic mass is 32.2. The van der Waals surface area contributed by atoms with Crippen LogP contribution in [0, 0.1) is 0 Å². The van der Waals surface area contributed by atoms with Crippen molar-refractivity contribution in [1.82, 2.24) is 9.03 Å². The van der Waals surface area contributed by atoms with Gasteiger partial charge in [-0.25, -0.2) is 0 Å². The van der Waals surface area contributed by atoms with Crippen LogP contribution >= 0.6 is 0 Å². The summed E-state index contributed by atoms with van der Waals surface area (Å²) in [6.07, 6.45) is 2.82. The average Bonchev–Trinajstić information content (AvgIpc) is 2.24. The van der Waals surface area contributed by atoms with Crippen LogP contribution in [0.25, 0.3) is 0 Å². The number of carboxylic acid groups (broad SMARTS) is 1. The second-order valence-electron chi connectivity index (χ2n) is 4.48. The highest BCUT2D eigenvalue weighted by Gasteiger charge is 2.19. The molecule has 7 heteroatoms. The molecule has 0 saturated heterocycles. The summed E-state index contributed by atoms with van der Waals surface area (Å²) in [5.41, 5.74) is 0. The van der Waals surface area contributed by atoms with Gasteiger partial charge in [0.15, 0.2) is 0 Å². The number of carboxylic acids is 1. The van der Waals surface area contributed by atoms with E-state index in [0.717, 1.165) is 12.8 Å². The molecule has 0 bridgehead atoms. The quantitative estimate of drug-likeness (QED) is 0.629. The Balaban J connectivity index is 4.10. The second kappa shape index (κ2) is 8.44. The van der Waals surface area contributed by atoms with Crippen molar-refractivity contribution in [2.24, 2.45) is 0 Å². The number of hydrogen-bond acceptors (Lipinski definition) is 3. The summed E-state index contributed by atoms with van der Waals surface area (Å²) >= 11 is 0. The van der Waals surface area contributed by atoms with Gasteiger partial charge in [-0.15, -0.1) is 0 Å². The number of rotatable bonds is 10. The van der Waals surface area contributed by atoms with Crippen molar-refractivity contribution in [2.75, 3.05) is 13.6 Å². The third-order valence-corrected chi connectivity index (χ3v) is 4.32. The van der Waals surface area contributed by atoms with Gasteiger partial charge in [0.25, 0.3) is 10.2 Å². The predicted molar refractivity (Wildman–Crippen MR) is 70.5 cm³/mol. The molecule has 0 aliphatic rings. The predicted octanol–water partition coefficient (Wildman–Crippen LogP) is 1.20. The minimum atomic E-state index is -3.45. The summed E-state index contributed by atoms with van der Waals surface area (Å²) in [4.78, 5) is 10.3. The van der Waals surface area contributed by atoms with Crippen LogP contribution in [-0.2, 0) is 15.0 Å². The van der Waals surface area contributed by atoms with E-state index < -0.39 is 16.2 Å².